The summed E-state index contributed by atoms with van der Waals surface area (Å²) in [5.74, 6) is 1.02. The molecule has 0 aromatic carbocycles. The van der Waals surface area contributed by atoms with Gasteiger partial charge in [-0.3, -0.25) is 4.79 Å². The third-order valence-electron chi connectivity index (χ3n) is 3.82. The minimum atomic E-state index is 0.135. The predicted molar refractivity (Wildman–Crippen MR) is 74.9 cm³/mol. The number of hydrogen-bond acceptors (Lipinski definition) is 5. The van der Waals surface area contributed by atoms with E-state index in [2.05, 4.69) is 44.7 Å². The van der Waals surface area contributed by atoms with Crippen molar-refractivity contribution in [2.75, 3.05) is 19.6 Å². The second kappa shape index (κ2) is 7.33. The highest BCUT2D eigenvalue weighted by Crippen LogP contribution is 2.18. The maximum Gasteiger partial charge on any atom is 0.224 e. The maximum atomic E-state index is 12.1. The molecule has 112 valence electrons. The highest BCUT2D eigenvalue weighted by Gasteiger charge is 2.26. The monoisotopic (exact) mass is 280 g/mol. The van der Waals surface area contributed by atoms with Crippen molar-refractivity contribution in [2.45, 2.75) is 45.6 Å². The molecular weight excluding hydrogens is 256 g/mol. The lowest BCUT2D eigenvalue weighted by Gasteiger charge is -2.34. The molecule has 1 aromatic heterocycles. The summed E-state index contributed by atoms with van der Waals surface area (Å²) in [5.41, 5.74) is 0. The Balaban J connectivity index is 1.66. The first-order valence-electron chi connectivity index (χ1n) is 7.41. The van der Waals surface area contributed by atoms with Crippen LogP contribution < -0.4 is 5.32 Å². The number of aromatic amines is 1. The largest absolute Gasteiger partial charge is 0.356 e. The number of tetrazole rings is 1. The molecule has 7 nitrogen and oxygen atoms in total. The molecule has 2 N–H and O–H groups in total. The second-order valence-corrected chi connectivity index (χ2v) is 5.65. The number of carbonyl (C=O) groups is 1. The number of amides is 1. The Morgan fingerprint density at radius 2 is 2.40 bits per heavy atom. The van der Waals surface area contributed by atoms with Crippen LogP contribution in [0.2, 0.25) is 0 Å². The standard InChI is InChI=1S/C13H24N6O/c1-10(2)19-8-4-5-11(9-19)13(20)14-7-3-6-12-15-17-18-16-12/h10-11H,3-9H2,1-2H3,(H,14,20)(H,15,16,17,18). The Hall–Kier alpha value is -1.50. The maximum absolute atomic E-state index is 12.1. The Morgan fingerprint density at radius 1 is 1.55 bits per heavy atom. The zero-order valence-electron chi connectivity index (χ0n) is 12.3. The molecule has 0 radical (unpaired) electrons. The van der Waals surface area contributed by atoms with E-state index >= 15 is 0 Å². The Bertz CT molecular complexity index is 405. The van der Waals surface area contributed by atoms with Crippen molar-refractivity contribution in [1.29, 1.82) is 0 Å². The van der Waals surface area contributed by atoms with Crippen molar-refractivity contribution in [3.05, 3.63) is 5.82 Å². The first-order chi connectivity index (χ1) is 9.66. The Labute approximate surface area is 119 Å². The molecule has 1 fully saturated rings. The average Bonchev–Trinajstić information content (AvgIpc) is 2.96. The van der Waals surface area contributed by atoms with E-state index in [0.29, 0.717) is 18.4 Å². The summed E-state index contributed by atoms with van der Waals surface area (Å²) < 4.78 is 0. The van der Waals surface area contributed by atoms with Gasteiger partial charge in [-0.25, -0.2) is 0 Å². The number of H-pyrrole nitrogens is 1. The van der Waals surface area contributed by atoms with Gasteiger partial charge in [-0.05, 0) is 39.7 Å². The van der Waals surface area contributed by atoms with Crippen LogP contribution in [0, 0.1) is 5.92 Å². The van der Waals surface area contributed by atoms with E-state index in [0.717, 1.165) is 38.8 Å². The molecule has 2 heterocycles. The lowest BCUT2D eigenvalue weighted by Crippen LogP contribution is -2.45. The molecule has 1 aliphatic rings. The molecule has 0 aliphatic carbocycles. The topological polar surface area (TPSA) is 86.8 Å². The van der Waals surface area contributed by atoms with Crippen LogP contribution in [0.4, 0.5) is 0 Å². The molecule has 20 heavy (non-hydrogen) atoms. The van der Waals surface area contributed by atoms with Gasteiger partial charge in [0.2, 0.25) is 5.91 Å². The Morgan fingerprint density at radius 3 is 3.10 bits per heavy atom. The third-order valence-corrected chi connectivity index (χ3v) is 3.82. The fourth-order valence-electron chi connectivity index (χ4n) is 2.58. The van der Waals surface area contributed by atoms with Crippen LogP contribution in [0.5, 0.6) is 0 Å². The molecule has 1 aliphatic heterocycles. The van der Waals surface area contributed by atoms with Crippen LogP contribution in [-0.2, 0) is 11.2 Å². The molecule has 1 amide bonds. The molecule has 0 spiro atoms. The van der Waals surface area contributed by atoms with Gasteiger partial charge in [0.05, 0.1) is 5.92 Å². The molecule has 0 bridgehead atoms. The van der Waals surface area contributed by atoms with Gasteiger partial charge >= 0.3 is 0 Å². The normalized spacial score (nSPS) is 20.2. The number of piperidine rings is 1. The van der Waals surface area contributed by atoms with Gasteiger partial charge in [-0.2, -0.15) is 5.21 Å². The molecular formula is C13H24N6O. The summed E-state index contributed by atoms with van der Waals surface area (Å²) in [7, 11) is 0. The van der Waals surface area contributed by atoms with Crippen molar-refractivity contribution in [3.63, 3.8) is 0 Å². The summed E-state index contributed by atoms with van der Waals surface area (Å²) >= 11 is 0. The van der Waals surface area contributed by atoms with E-state index in [1.54, 1.807) is 0 Å². The van der Waals surface area contributed by atoms with Crippen LogP contribution in [-0.4, -0.2) is 57.1 Å². The minimum absolute atomic E-state index is 0.135. The quantitative estimate of drug-likeness (QED) is 0.735. The number of hydrogen-bond donors (Lipinski definition) is 2. The van der Waals surface area contributed by atoms with Crippen LogP contribution in [0.1, 0.15) is 38.9 Å². The summed E-state index contributed by atoms with van der Waals surface area (Å²) in [6, 6.07) is 0.517. The van der Waals surface area contributed by atoms with E-state index in [1.807, 2.05) is 0 Å². The van der Waals surface area contributed by atoms with Gasteiger partial charge in [0.1, 0.15) is 0 Å². The number of aromatic nitrogens is 4. The molecule has 1 saturated heterocycles. The van der Waals surface area contributed by atoms with Gasteiger partial charge < -0.3 is 10.2 Å². The lowest BCUT2D eigenvalue weighted by atomic mass is 9.96. The minimum Gasteiger partial charge on any atom is -0.356 e. The first kappa shape index (κ1) is 14.9. The van der Waals surface area contributed by atoms with E-state index in [1.165, 1.54) is 0 Å². The smallest absolute Gasteiger partial charge is 0.224 e. The first-order valence-corrected chi connectivity index (χ1v) is 7.41. The van der Waals surface area contributed by atoms with Gasteiger partial charge in [0.25, 0.3) is 0 Å². The summed E-state index contributed by atoms with van der Waals surface area (Å²) in [5, 5.41) is 16.7. The van der Waals surface area contributed by atoms with Gasteiger partial charge in [0, 0.05) is 25.6 Å². The van der Waals surface area contributed by atoms with Crippen LogP contribution in [0.25, 0.3) is 0 Å². The predicted octanol–water partition coefficient (Wildman–Crippen LogP) is 0.369. The zero-order valence-corrected chi connectivity index (χ0v) is 12.3. The van der Waals surface area contributed by atoms with Crippen LogP contribution in [0.15, 0.2) is 0 Å². The third kappa shape index (κ3) is 4.26. The number of nitrogens with zero attached hydrogens (tertiary/aromatic N) is 4. The van der Waals surface area contributed by atoms with E-state index < -0.39 is 0 Å². The highest BCUT2D eigenvalue weighted by molar-refractivity contribution is 5.78. The van der Waals surface area contributed by atoms with Crippen molar-refractivity contribution < 1.29 is 4.79 Å². The van der Waals surface area contributed by atoms with Crippen molar-refractivity contribution >= 4 is 5.91 Å². The molecule has 1 unspecified atom stereocenters. The van der Waals surface area contributed by atoms with E-state index in [-0.39, 0.29) is 11.8 Å². The molecule has 7 heteroatoms. The molecule has 2 rings (SSSR count). The number of nitrogens with one attached hydrogen (secondary N) is 2. The number of likely N-dealkylation sites (tertiary alicyclic amines) is 1. The summed E-state index contributed by atoms with van der Waals surface area (Å²) in [4.78, 5) is 14.5. The van der Waals surface area contributed by atoms with Gasteiger partial charge in [0.15, 0.2) is 5.82 Å². The van der Waals surface area contributed by atoms with Crippen LogP contribution in [0.3, 0.4) is 0 Å². The van der Waals surface area contributed by atoms with E-state index in [4.69, 9.17) is 0 Å². The van der Waals surface area contributed by atoms with Crippen molar-refractivity contribution in [3.8, 4) is 0 Å². The molecule has 1 aromatic rings. The summed E-state index contributed by atoms with van der Waals surface area (Å²) in [6.45, 7) is 7.04. The van der Waals surface area contributed by atoms with Crippen LogP contribution >= 0.6 is 0 Å². The number of carbonyl (C=O) groups excluding carboxylic acids is 1. The summed E-state index contributed by atoms with van der Waals surface area (Å²) in [6.07, 6.45) is 3.68. The molecule has 1 atom stereocenters. The average molecular weight is 280 g/mol. The fourth-order valence-corrected chi connectivity index (χ4v) is 2.58. The Kier molecular flexibility index (Phi) is 5.46. The SMILES string of the molecule is CC(C)N1CCCC(C(=O)NCCCc2nn[nH]n2)C1. The van der Waals surface area contributed by atoms with E-state index in [9.17, 15) is 4.79 Å². The number of rotatable bonds is 6. The van der Waals surface area contributed by atoms with Crippen molar-refractivity contribution in [1.82, 2.24) is 30.8 Å². The second-order valence-electron chi connectivity index (χ2n) is 5.65. The lowest BCUT2D eigenvalue weighted by molar-refractivity contribution is -0.126. The molecule has 0 saturated carbocycles. The van der Waals surface area contributed by atoms with Crippen molar-refractivity contribution in [2.24, 2.45) is 5.92 Å². The highest BCUT2D eigenvalue weighted by atomic mass is 16.1. The van der Waals surface area contributed by atoms with Gasteiger partial charge in [-0.1, -0.05) is 5.21 Å². The fraction of sp³-hybridized carbons (Fsp3) is 0.846. The van der Waals surface area contributed by atoms with Gasteiger partial charge in [-0.15, -0.1) is 10.2 Å². The zero-order chi connectivity index (χ0) is 14.4. The number of aryl methyl sites for hydroxylation is 1.